The number of piperidine rings is 1. The van der Waals surface area contributed by atoms with Crippen molar-refractivity contribution in [2.75, 3.05) is 26.2 Å². The summed E-state index contributed by atoms with van der Waals surface area (Å²) in [6.07, 6.45) is 6.19. The molecule has 4 heteroatoms. The number of likely N-dealkylation sites (tertiary alicyclic amines) is 1. The molecule has 0 amide bonds. The number of aromatic nitrogens is 1. The lowest BCUT2D eigenvalue weighted by molar-refractivity contribution is 0.0884. The van der Waals surface area contributed by atoms with Crippen molar-refractivity contribution < 1.29 is 5.11 Å². The average molecular weight is 305 g/mol. The summed E-state index contributed by atoms with van der Waals surface area (Å²) in [6.45, 7) is 8.16. The Morgan fingerprint density at radius 3 is 2.77 bits per heavy atom. The predicted octanol–water partition coefficient (Wildman–Crippen LogP) is 2.61. The van der Waals surface area contributed by atoms with Gasteiger partial charge in [0.05, 0.1) is 11.8 Å². The third kappa shape index (κ3) is 5.67. The van der Waals surface area contributed by atoms with Gasteiger partial charge in [0.15, 0.2) is 0 Å². The van der Waals surface area contributed by atoms with Gasteiger partial charge in [0.1, 0.15) is 0 Å². The average Bonchev–Trinajstić information content (AvgIpc) is 2.54. The number of aliphatic hydroxyl groups is 1. The van der Waals surface area contributed by atoms with Gasteiger partial charge in [0, 0.05) is 25.3 Å². The number of nitrogens with one attached hydrogen (secondary N) is 1. The summed E-state index contributed by atoms with van der Waals surface area (Å²) in [7, 11) is 0. The Kier molecular flexibility index (Phi) is 7.30. The van der Waals surface area contributed by atoms with E-state index in [2.05, 4.69) is 35.1 Å². The minimum absolute atomic E-state index is 0.238. The van der Waals surface area contributed by atoms with Gasteiger partial charge < -0.3 is 15.3 Å². The van der Waals surface area contributed by atoms with Crippen molar-refractivity contribution in [1.82, 2.24) is 15.2 Å². The van der Waals surface area contributed by atoms with Crippen LogP contribution in [0.15, 0.2) is 24.4 Å². The van der Waals surface area contributed by atoms with E-state index in [1.165, 1.54) is 12.8 Å². The molecule has 2 rings (SSSR count). The molecule has 1 fully saturated rings. The van der Waals surface area contributed by atoms with Gasteiger partial charge in [0.2, 0.25) is 0 Å². The molecule has 0 spiro atoms. The highest BCUT2D eigenvalue weighted by atomic mass is 16.3. The third-order valence-electron chi connectivity index (χ3n) is 4.57. The molecular weight excluding hydrogens is 274 g/mol. The van der Waals surface area contributed by atoms with Crippen LogP contribution < -0.4 is 5.32 Å². The van der Waals surface area contributed by atoms with Gasteiger partial charge >= 0.3 is 0 Å². The molecule has 2 unspecified atom stereocenters. The Labute approximate surface area is 134 Å². The van der Waals surface area contributed by atoms with E-state index >= 15 is 0 Å². The maximum Gasteiger partial charge on any atom is 0.0791 e. The minimum atomic E-state index is -0.309. The standard InChI is InChI=1S/C18H31N3O/c1-3-6-17(18-7-4-5-10-19-18)20-13-16(22)14-21-11-8-15(2)9-12-21/h4-5,7,10,15-17,20,22H,3,6,8-9,11-14H2,1-2H3. The molecule has 0 aromatic carbocycles. The Morgan fingerprint density at radius 2 is 2.14 bits per heavy atom. The molecule has 0 bridgehead atoms. The van der Waals surface area contributed by atoms with E-state index in [0.717, 1.165) is 44.1 Å². The van der Waals surface area contributed by atoms with Crippen molar-refractivity contribution in [2.45, 2.75) is 51.7 Å². The highest BCUT2D eigenvalue weighted by molar-refractivity contribution is 5.08. The van der Waals surface area contributed by atoms with Crippen LogP contribution in [0.2, 0.25) is 0 Å². The molecule has 0 saturated carbocycles. The summed E-state index contributed by atoms with van der Waals surface area (Å²) in [5.74, 6) is 0.838. The molecule has 2 heterocycles. The fourth-order valence-electron chi connectivity index (χ4n) is 3.11. The van der Waals surface area contributed by atoms with E-state index in [1.807, 2.05) is 18.3 Å². The van der Waals surface area contributed by atoms with Crippen LogP contribution in [0.25, 0.3) is 0 Å². The highest BCUT2D eigenvalue weighted by Crippen LogP contribution is 2.17. The van der Waals surface area contributed by atoms with Gasteiger partial charge in [-0.2, -0.15) is 0 Å². The lowest BCUT2D eigenvalue weighted by Crippen LogP contribution is -2.42. The first-order valence-corrected chi connectivity index (χ1v) is 8.73. The number of pyridine rings is 1. The third-order valence-corrected chi connectivity index (χ3v) is 4.57. The molecule has 1 saturated heterocycles. The van der Waals surface area contributed by atoms with E-state index in [0.29, 0.717) is 6.54 Å². The zero-order valence-electron chi connectivity index (χ0n) is 14.0. The zero-order valence-corrected chi connectivity index (χ0v) is 14.0. The molecule has 124 valence electrons. The van der Waals surface area contributed by atoms with E-state index in [-0.39, 0.29) is 12.1 Å². The van der Waals surface area contributed by atoms with Crippen LogP contribution in [0.1, 0.15) is 51.3 Å². The molecule has 0 aliphatic carbocycles. The summed E-state index contributed by atoms with van der Waals surface area (Å²) in [4.78, 5) is 6.84. The van der Waals surface area contributed by atoms with E-state index < -0.39 is 0 Å². The lowest BCUT2D eigenvalue weighted by atomic mass is 9.99. The van der Waals surface area contributed by atoms with Crippen LogP contribution in [0.3, 0.4) is 0 Å². The molecule has 2 N–H and O–H groups in total. The Hall–Kier alpha value is -0.970. The maximum absolute atomic E-state index is 10.3. The first-order chi connectivity index (χ1) is 10.7. The molecule has 4 nitrogen and oxygen atoms in total. The quantitative estimate of drug-likeness (QED) is 0.775. The van der Waals surface area contributed by atoms with Crippen molar-refractivity contribution >= 4 is 0 Å². The zero-order chi connectivity index (χ0) is 15.8. The molecular formula is C18H31N3O. The molecule has 1 aliphatic heterocycles. The van der Waals surface area contributed by atoms with Gasteiger partial charge in [-0.15, -0.1) is 0 Å². The number of hydrogen-bond donors (Lipinski definition) is 2. The summed E-state index contributed by atoms with van der Waals surface area (Å²) >= 11 is 0. The smallest absolute Gasteiger partial charge is 0.0791 e. The van der Waals surface area contributed by atoms with E-state index in [4.69, 9.17) is 0 Å². The topological polar surface area (TPSA) is 48.4 Å². The number of hydrogen-bond acceptors (Lipinski definition) is 4. The minimum Gasteiger partial charge on any atom is -0.390 e. The number of β-amino-alcohol motifs (C(OH)–C–C–N with tert-alkyl or cyclic N) is 1. The SMILES string of the molecule is CCCC(NCC(O)CN1CCC(C)CC1)c1ccccn1. The lowest BCUT2D eigenvalue weighted by Gasteiger charge is -2.32. The molecule has 1 aliphatic rings. The van der Waals surface area contributed by atoms with Gasteiger partial charge in [-0.25, -0.2) is 0 Å². The number of aliphatic hydroxyl groups excluding tert-OH is 1. The van der Waals surface area contributed by atoms with Gasteiger partial charge in [-0.1, -0.05) is 26.3 Å². The van der Waals surface area contributed by atoms with Crippen LogP contribution in [0, 0.1) is 5.92 Å². The van der Waals surface area contributed by atoms with Crippen molar-refractivity contribution in [3.8, 4) is 0 Å². The van der Waals surface area contributed by atoms with Gasteiger partial charge in [-0.05, 0) is 50.4 Å². The van der Waals surface area contributed by atoms with Crippen LogP contribution in [0.5, 0.6) is 0 Å². The molecule has 22 heavy (non-hydrogen) atoms. The summed E-state index contributed by atoms with van der Waals surface area (Å²) in [6, 6.07) is 6.27. The van der Waals surface area contributed by atoms with Gasteiger partial charge in [0.25, 0.3) is 0 Å². The molecule has 2 atom stereocenters. The van der Waals surface area contributed by atoms with Crippen molar-refractivity contribution in [1.29, 1.82) is 0 Å². The maximum atomic E-state index is 10.3. The predicted molar refractivity (Wildman–Crippen MR) is 90.7 cm³/mol. The van der Waals surface area contributed by atoms with Crippen molar-refractivity contribution in [2.24, 2.45) is 5.92 Å². The van der Waals surface area contributed by atoms with Crippen LogP contribution in [0.4, 0.5) is 0 Å². The number of nitrogens with zero attached hydrogens (tertiary/aromatic N) is 2. The fourth-order valence-corrected chi connectivity index (χ4v) is 3.11. The first-order valence-electron chi connectivity index (χ1n) is 8.73. The van der Waals surface area contributed by atoms with Crippen molar-refractivity contribution in [3.63, 3.8) is 0 Å². The molecule has 0 radical (unpaired) electrons. The second-order valence-corrected chi connectivity index (χ2v) is 6.64. The fraction of sp³-hybridized carbons (Fsp3) is 0.722. The Balaban J connectivity index is 1.76. The second-order valence-electron chi connectivity index (χ2n) is 6.64. The van der Waals surface area contributed by atoms with Crippen LogP contribution in [-0.2, 0) is 0 Å². The first kappa shape index (κ1) is 17.4. The molecule has 1 aromatic heterocycles. The van der Waals surface area contributed by atoms with Crippen molar-refractivity contribution in [3.05, 3.63) is 30.1 Å². The molecule has 1 aromatic rings. The normalized spacial score (nSPS) is 20.0. The largest absolute Gasteiger partial charge is 0.390 e. The monoisotopic (exact) mass is 305 g/mol. The Bertz CT molecular complexity index is 404. The Morgan fingerprint density at radius 1 is 1.36 bits per heavy atom. The highest BCUT2D eigenvalue weighted by Gasteiger charge is 2.19. The summed E-state index contributed by atoms with van der Waals surface area (Å²) in [5.41, 5.74) is 1.07. The van der Waals surface area contributed by atoms with Crippen LogP contribution >= 0.6 is 0 Å². The number of rotatable bonds is 8. The van der Waals surface area contributed by atoms with Gasteiger partial charge in [-0.3, -0.25) is 4.98 Å². The van der Waals surface area contributed by atoms with E-state index in [1.54, 1.807) is 0 Å². The second kappa shape index (κ2) is 9.23. The van der Waals surface area contributed by atoms with Crippen LogP contribution in [-0.4, -0.2) is 47.3 Å². The summed E-state index contributed by atoms with van der Waals surface area (Å²) < 4.78 is 0. The summed E-state index contributed by atoms with van der Waals surface area (Å²) in [5, 5.41) is 13.8. The van der Waals surface area contributed by atoms with E-state index in [9.17, 15) is 5.11 Å².